The molecule has 17 heteroatoms. The molecular weight excluding hydrogens is 733 g/mol. The predicted molar refractivity (Wildman–Crippen MR) is 182 cm³/mol. The van der Waals surface area contributed by atoms with E-state index < -0.39 is 40.2 Å². The van der Waals surface area contributed by atoms with Crippen LogP contribution in [0.2, 0.25) is 0 Å². The summed E-state index contributed by atoms with van der Waals surface area (Å²) < 4.78 is 125. The highest BCUT2D eigenvalue weighted by Crippen LogP contribution is 2.48. The Hall–Kier alpha value is -3.84. The fraction of sp³-hybridized carbons (Fsp3) is 0.273. The summed E-state index contributed by atoms with van der Waals surface area (Å²) in [6.45, 7) is 10.2. The normalized spacial score (nSPS) is 13.7. The number of benzene rings is 4. The van der Waals surface area contributed by atoms with Crippen molar-refractivity contribution in [1.29, 1.82) is 0 Å². The van der Waals surface area contributed by atoms with Gasteiger partial charge in [0.2, 0.25) is 9.84 Å². The number of hydrogen-bond donors (Lipinski definition) is 0. The Morgan fingerprint density at radius 3 is 1.54 bits per heavy atom. The van der Waals surface area contributed by atoms with E-state index >= 15 is 0 Å². The molecule has 0 saturated heterocycles. The average Bonchev–Trinajstić information content (AvgIpc) is 3.03. The van der Waals surface area contributed by atoms with Crippen LogP contribution >= 0.6 is 0 Å². The van der Waals surface area contributed by atoms with Crippen LogP contribution in [0.3, 0.4) is 0 Å². The molecule has 50 heavy (non-hydrogen) atoms. The zero-order valence-electron chi connectivity index (χ0n) is 28.6. The molecule has 0 saturated carbocycles. The van der Waals surface area contributed by atoms with E-state index in [4.69, 9.17) is 9.47 Å². The smallest absolute Gasteiger partial charge is 0.300 e. The minimum Gasteiger partial charge on any atom is -0.454 e. The molecule has 4 aromatic rings. The summed E-state index contributed by atoms with van der Waals surface area (Å²) in [5.41, 5.74) is 3.75. The van der Waals surface area contributed by atoms with E-state index in [0.717, 1.165) is 26.9 Å². The van der Waals surface area contributed by atoms with Crippen LogP contribution in [-0.2, 0) is 52.7 Å². The van der Waals surface area contributed by atoms with Gasteiger partial charge in [-0.05, 0) is 111 Å². The summed E-state index contributed by atoms with van der Waals surface area (Å²) in [6, 6.07) is 13.7. The van der Waals surface area contributed by atoms with Crippen molar-refractivity contribution in [2.75, 3.05) is 21.3 Å². The molecule has 270 valence electrons. The first-order chi connectivity index (χ1) is 23.1. The van der Waals surface area contributed by atoms with E-state index in [1.165, 1.54) is 36.4 Å². The SMILES string of the molecule is COS(=O)(=O)c1cc(C)cc2c1Oc1c(C)cc(C)cc1S2(=O)=O.COS(=O)(=O)c1cc(C)ccc1Oc1c(C)cc(C)cc1S(=O)(=O)OC. The second-order valence-electron chi connectivity index (χ2n) is 11.4. The fourth-order valence-corrected chi connectivity index (χ4v) is 9.69. The maximum absolute atomic E-state index is 13.0. The fourth-order valence-electron chi connectivity index (χ4n) is 5.17. The molecule has 0 spiro atoms. The van der Waals surface area contributed by atoms with Gasteiger partial charge >= 0.3 is 0 Å². The molecule has 1 aliphatic rings. The lowest BCUT2D eigenvalue weighted by Gasteiger charge is -2.24. The van der Waals surface area contributed by atoms with E-state index in [-0.39, 0.29) is 47.5 Å². The Labute approximate surface area is 293 Å². The number of hydrogen-bond acceptors (Lipinski definition) is 13. The van der Waals surface area contributed by atoms with Gasteiger partial charge in [0.1, 0.15) is 36.0 Å². The van der Waals surface area contributed by atoms with Gasteiger partial charge in [-0.15, -0.1) is 0 Å². The van der Waals surface area contributed by atoms with Crippen LogP contribution in [0.1, 0.15) is 33.4 Å². The number of rotatable bonds is 8. The lowest BCUT2D eigenvalue weighted by Crippen LogP contribution is -2.16. The van der Waals surface area contributed by atoms with Crippen LogP contribution in [0, 0.1) is 41.5 Å². The molecule has 0 amide bonds. The first kappa shape index (κ1) is 39.0. The maximum atomic E-state index is 13.0. The van der Waals surface area contributed by atoms with Crippen molar-refractivity contribution in [3.63, 3.8) is 0 Å². The molecule has 5 rings (SSSR count). The van der Waals surface area contributed by atoms with Crippen molar-refractivity contribution in [3.8, 4) is 23.0 Å². The van der Waals surface area contributed by atoms with Gasteiger partial charge in [0, 0.05) is 0 Å². The highest BCUT2D eigenvalue weighted by Gasteiger charge is 2.37. The van der Waals surface area contributed by atoms with Gasteiger partial charge in [0.05, 0.1) is 21.3 Å². The second-order valence-corrected chi connectivity index (χ2v) is 18.4. The van der Waals surface area contributed by atoms with Gasteiger partial charge in [-0.2, -0.15) is 25.3 Å². The number of aryl methyl sites for hydroxylation is 6. The maximum Gasteiger partial charge on any atom is 0.300 e. The monoisotopic (exact) mass is 768 g/mol. The largest absolute Gasteiger partial charge is 0.454 e. The molecule has 0 aromatic heterocycles. The molecule has 0 bridgehead atoms. The Morgan fingerprint density at radius 1 is 0.520 bits per heavy atom. The van der Waals surface area contributed by atoms with E-state index in [9.17, 15) is 33.7 Å². The van der Waals surface area contributed by atoms with Crippen LogP contribution in [0.4, 0.5) is 0 Å². The third-order valence-corrected chi connectivity index (χ3v) is 13.1. The number of ether oxygens (including phenoxy) is 2. The van der Waals surface area contributed by atoms with Crippen molar-refractivity contribution in [3.05, 3.63) is 88.0 Å². The molecule has 0 fully saturated rings. The minimum atomic E-state index is -4.13. The van der Waals surface area contributed by atoms with Crippen LogP contribution in [0.5, 0.6) is 23.0 Å². The number of fused-ring (bicyclic) bond motifs is 2. The lowest BCUT2D eigenvalue weighted by atomic mass is 10.1. The van der Waals surface area contributed by atoms with Crippen molar-refractivity contribution < 1.29 is 55.7 Å². The molecule has 1 heterocycles. The Bertz CT molecular complexity index is 2450. The van der Waals surface area contributed by atoms with Crippen LogP contribution in [-0.4, -0.2) is 55.0 Å². The lowest BCUT2D eigenvalue weighted by molar-refractivity contribution is 0.382. The summed E-state index contributed by atoms with van der Waals surface area (Å²) >= 11 is 0. The molecule has 0 atom stereocenters. The summed E-state index contributed by atoms with van der Waals surface area (Å²) in [7, 11) is -13.0. The first-order valence-electron chi connectivity index (χ1n) is 14.6. The molecule has 4 aromatic carbocycles. The van der Waals surface area contributed by atoms with Crippen LogP contribution in [0.25, 0.3) is 0 Å². The van der Waals surface area contributed by atoms with E-state index in [2.05, 4.69) is 12.5 Å². The van der Waals surface area contributed by atoms with Crippen LogP contribution in [0.15, 0.2) is 79.1 Å². The van der Waals surface area contributed by atoms with Gasteiger partial charge in [0.25, 0.3) is 30.4 Å². The predicted octanol–water partition coefficient (Wildman–Crippen LogP) is 5.96. The Kier molecular flexibility index (Phi) is 10.9. The second kappa shape index (κ2) is 14.1. The van der Waals surface area contributed by atoms with Crippen molar-refractivity contribution >= 4 is 40.2 Å². The van der Waals surface area contributed by atoms with Crippen molar-refractivity contribution in [2.24, 2.45) is 0 Å². The molecule has 1 aliphatic heterocycles. The zero-order valence-corrected chi connectivity index (χ0v) is 31.9. The third-order valence-electron chi connectivity index (χ3n) is 7.50. The summed E-state index contributed by atoms with van der Waals surface area (Å²) in [5, 5.41) is 0. The highest BCUT2D eigenvalue weighted by molar-refractivity contribution is 7.92. The number of sulfone groups is 1. The summed E-state index contributed by atoms with van der Waals surface area (Å²) in [5.74, 6) is -0.128. The van der Waals surface area contributed by atoms with E-state index in [0.29, 0.717) is 27.8 Å². The van der Waals surface area contributed by atoms with Gasteiger partial charge in [0.15, 0.2) is 11.5 Å². The molecule has 13 nitrogen and oxygen atoms in total. The van der Waals surface area contributed by atoms with Crippen LogP contribution < -0.4 is 9.47 Å². The summed E-state index contributed by atoms with van der Waals surface area (Å²) in [4.78, 5) is -0.803. The molecule has 0 aliphatic carbocycles. The third kappa shape index (κ3) is 7.58. The molecule has 0 radical (unpaired) electrons. The summed E-state index contributed by atoms with van der Waals surface area (Å²) in [6.07, 6.45) is 0. The van der Waals surface area contributed by atoms with E-state index in [1.54, 1.807) is 59.7 Å². The quantitative estimate of drug-likeness (QED) is 0.169. The molecule has 0 unspecified atom stereocenters. The highest BCUT2D eigenvalue weighted by atomic mass is 32.2. The topological polar surface area (TPSA) is 183 Å². The Balaban J connectivity index is 0.000000225. The molecule has 0 N–H and O–H groups in total. The first-order valence-corrected chi connectivity index (χ1v) is 20.3. The van der Waals surface area contributed by atoms with Crippen molar-refractivity contribution in [1.82, 2.24) is 0 Å². The van der Waals surface area contributed by atoms with Gasteiger partial charge in [-0.25, -0.2) is 8.42 Å². The minimum absolute atomic E-state index is 0.00569. The van der Waals surface area contributed by atoms with E-state index in [1.807, 2.05) is 0 Å². The van der Waals surface area contributed by atoms with Crippen molar-refractivity contribution in [2.45, 2.75) is 66.0 Å². The average molecular weight is 769 g/mol. The van der Waals surface area contributed by atoms with Gasteiger partial charge in [-0.1, -0.05) is 18.2 Å². The van der Waals surface area contributed by atoms with Gasteiger partial charge < -0.3 is 9.47 Å². The standard InChI is InChI=1S/C17H20O7S2.C16H16O6S2/c1-11-6-7-14(15(9-11)25(18,19)22-4)24-17-13(3)8-12(2)10-16(17)26(20,21)23-5;1-9-5-11(3)15-12(6-9)23(17,18)13-7-10(2)8-14(16(13)22-15)24(19,20)21-4/h6-10H,1-5H3;5-8H,1-4H3. The zero-order chi connectivity index (χ0) is 37.6. The Morgan fingerprint density at radius 2 is 0.960 bits per heavy atom. The molecular formula is C33H36O13S4. The van der Waals surface area contributed by atoms with Gasteiger partial charge in [-0.3, -0.25) is 12.5 Å².